The molecule has 0 aliphatic heterocycles. The highest BCUT2D eigenvalue weighted by Crippen LogP contribution is 2.19. The summed E-state index contributed by atoms with van der Waals surface area (Å²) in [5, 5.41) is 2.55. The molecule has 0 spiro atoms. The number of likely N-dealkylation sites (N-methyl/N-ethyl adjacent to an activating group) is 1. The van der Waals surface area contributed by atoms with Gasteiger partial charge in [0.15, 0.2) is 0 Å². The van der Waals surface area contributed by atoms with Gasteiger partial charge in [0.05, 0.1) is 19.6 Å². The summed E-state index contributed by atoms with van der Waals surface area (Å²) in [6, 6.07) is 23.4. The molecule has 3 aromatic rings. The Morgan fingerprint density at radius 3 is 1.97 bits per heavy atom. The van der Waals surface area contributed by atoms with Gasteiger partial charge in [-0.25, -0.2) is 0 Å². The van der Waals surface area contributed by atoms with Crippen molar-refractivity contribution in [1.82, 2.24) is 0 Å². The lowest BCUT2D eigenvalue weighted by molar-refractivity contribution is -0.923. The summed E-state index contributed by atoms with van der Waals surface area (Å²) < 4.78 is 7.11. The number of fused-ring (bicyclic) bond motifs is 1. The van der Waals surface area contributed by atoms with E-state index < -0.39 is 0 Å². The molecule has 29 heavy (non-hydrogen) atoms. The van der Waals surface area contributed by atoms with Gasteiger partial charge in [-0.3, -0.25) is 0 Å². The van der Waals surface area contributed by atoms with Gasteiger partial charge >= 0.3 is 0 Å². The standard InChI is InChI=1S/C26H32NO.HI/c1-4-27(5-2,6-3)19-20-28-26-17-14-22(15-18-26)11-12-23-13-16-24-9-7-8-10-25(24)21-23;/h7-18,21H,4-6,19-20H2,1-3H3;1H/q+1;/p-1/b12-11+;. The smallest absolute Gasteiger partial charge is 0.137 e. The molecule has 3 heteroatoms. The Kier molecular flexibility index (Phi) is 9.18. The molecule has 2 nitrogen and oxygen atoms in total. The van der Waals surface area contributed by atoms with Crippen LogP contribution >= 0.6 is 0 Å². The van der Waals surface area contributed by atoms with Crippen molar-refractivity contribution >= 4 is 22.9 Å². The third-order valence-corrected chi connectivity index (χ3v) is 5.97. The van der Waals surface area contributed by atoms with Gasteiger partial charge in [0.1, 0.15) is 18.9 Å². The molecule has 154 valence electrons. The average molecular weight is 501 g/mol. The Morgan fingerprint density at radius 1 is 0.724 bits per heavy atom. The zero-order valence-electron chi connectivity index (χ0n) is 17.8. The molecule has 0 aromatic heterocycles. The Morgan fingerprint density at radius 2 is 1.31 bits per heavy atom. The molecule has 3 rings (SSSR count). The summed E-state index contributed by atoms with van der Waals surface area (Å²) in [6.07, 6.45) is 4.32. The minimum atomic E-state index is 0. The van der Waals surface area contributed by atoms with Crippen LogP contribution < -0.4 is 28.7 Å². The number of hydrogen-bond donors (Lipinski definition) is 0. The predicted octanol–water partition coefficient (Wildman–Crippen LogP) is 3.27. The lowest BCUT2D eigenvalue weighted by atomic mass is 10.1. The summed E-state index contributed by atoms with van der Waals surface area (Å²) in [6.45, 7) is 12.1. The van der Waals surface area contributed by atoms with E-state index in [0.29, 0.717) is 0 Å². The summed E-state index contributed by atoms with van der Waals surface area (Å²) in [4.78, 5) is 0. The Labute approximate surface area is 192 Å². The van der Waals surface area contributed by atoms with E-state index >= 15 is 0 Å². The molecule has 0 N–H and O–H groups in total. The maximum Gasteiger partial charge on any atom is 0.137 e. The lowest BCUT2D eigenvalue weighted by Gasteiger charge is -2.35. The predicted molar refractivity (Wildman–Crippen MR) is 122 cm³/mol. The number of nitrogens with zero attached hydrogens (tertiary/aromatic N) is 1. The number of halogens is 1. The van der Waals surface area contributed by atoms with Crippen LogP contribution in [0.4, 0.5) is 0 Å². The number of rotatable bonds is 9. The number of benzene rings is 3. The number of ether oxygens (including phenoxy) is 1. The van der Waals surface area contributed by atoms with E-state index in [4.69, 9.17) is 4.74 Å². The minimum absolute atomic E-state index is 0. The molecule has 0 amide bonds. The van der Waals surface area contributed by atoms with Crippen molar-refractivity contribution in [2.45, 2.75) is 20.8 Å². The fourth-order valence-corrected chi connectivity index (χ4v) is 3.68. The fourth-order valence-electron chi connectivity index (χ4n) is 3.68. The van der Waals surface area contributed by atoms with Gasteiger partial charge in [-0.1, -0.05) is 60.7 Å². The van der Waals surface area contributed by atoms with E-state index in [-0.39, 0.29) is 24.0 Å². The van der Waals surface area contributed by atoms with Crippen molar-refractivity contribution < 1.29 is 33.2 Å². The first kappa shape index (κ1) is 23.4. The molecule has 0 radical (unpaired) electrons. The van der Waals surface area contributed by atoms with Crippen LogP contribution in [0.25, 0.3) is 22.9 Å². The largest absolute Gasteiger partial charge is 1.00 e. The van der Waals surface area contributed by atoms with Crippen molar-refractivity contribution in [3.05, 3.63) is 77.9 Å². The monoisotopic (exact) mass is 501 g/mol. The van der Waals surface area contributed by atoms with Crippen molar-refractivity contribution in [3.63, 3.8) is 0 Å². The molecule has 0 saturated carbocycles. The molecule has 0 saturated heterocycles. The number of hydrogen-bond acceptors (Lipinski definition) is 1. The van der Waals surface area contributed by atoms with Crippen LogP contribution in [0.15, 0.2) is 66.7 Å². The molecule has 0 aliphatic rings. The van der Waals surface area contributed by atoms with Gasteiger partial charge in [0.2, 0.25) is 0 Å². The zero-order chi connectivity index (χ0) is 19.8. The summed E-state index contributed by atoms with van der Waals surface area (Å²) >= 11 is 0. The molecule has 0 bridgehead atoms. The van der Waals surface area contributed by atoms with Crippen LogP contribution in [0, 0.1) is 0 Å². The van der Waals surface area contributed by atoms with Gasteiger partial charge in [0.25, 0.3) is 0 Å². The van der Waals surface area contributed by atoms with E-state index in [9.17, 15) is 0 Å². The molecule has 0 fully saturated rings. The normalized spacial score (nSPS) is 11.6. The second-order valence-corrected chi connectivity index (χ2v) is 7.37. The van der Waals surface area contributed by atoms with Crippen molar-refractivity contribution in [3.8, 4) is 5.75 Å². The van der Waals surface area contributed by atoms with Crippen LogP contribution in [0.5, 0.6) is 5.75 Å². The van der Waals surface area contributed by atoms with Crippen LogP contribution in [-0.2, 0) is 0 Å². The fraction of sp³-hybridized carbons (Fsp3) is 0.308. The van der Waals surface area contributed by atoms with Crippen molar-refractivity contribution in [1.29, 1.82) is 0 Å². The van der Waals surface area contributed by atoms with Crippen LogP contribution in [-0.4, -0.2) is 37.3 Å². The highest BCUT2D eigenvalue weighted by Gasteiger charge is 2.20. The van der Waals surface area contributed by atoms with E-state index in [1.165, 1.54) is 21.9 Å². The Bertz CT molecular complexity index is 905. The topological polar surface area (TPSA) is 9.23 Å². The van der Waals surface area contributed by atoms with E-state index in [0.717, 1.165) is 43.0 Å². The highest BCUT2D eigenvalue weighted by molar-refractivity contribution is 5.85. The molecule has 0 heterocycles. The van der Waals surface area contributed by atoms with Crippen LogP contribution in [0.1, 0.15) is 31.9 Å². The maximum absolute atomic E-state index is 5.99. The SMILES string of the molecule is CC[N+](CC)(CC)CCOc1ccc(/C=C/c2ccc3ccccc3c2)cc1.[I-]. The molecule has 0 atom stereocenters. The second-order valence-electron chi connectivity index (χ2n) is 7.37. The van der Waals surface area contributed by atoms with Gasteiger partial charge in [-0.05, 0) is 60.9 Å². The van der Waals surface area contributed by atoms with Crippen LogP contribution in [0.2, 0.25) is 0 Å². The van der Waals surface area contributed by atoms with Gasteiger partial charge in [0, 0.05) is 0 Å². The van der Waals surface area contributed by atoms with Crippen molar-refractivity contribution in [2.75, 3.05) is 32.8 Å². The third kappa shape index (κ3) is 6.31. The minimum Gasteiger partial charge on any atom is -1.00 e. The van der Waals surface area contributed by atoms with Gasteiger partial charge in [-0.15, -0.1) is 0 Å². The lowest BCUT2D eigenvalue weighted by Crippen LogP contribution is -3.00. The first-order valence-electron chi connectivity index (χ1n) is 10.4. The van der Waals surface area contributed by atoms with Crippen LogP contribution in [0.3, 0.4) is 0 Å². The second kappa shape index (κ2) is 11.4. The zero-order valence-corrected chi connectivity index (χ0v) is 19.9. The first-order valence-corrected chi connectivity index (χ1v) is 10.4. The molecular formula is C26H32INO. The molecular weight excluding hydrogens is 469 g/mol. The molecule has 3 aromatic carbocycles. The summed E-state index contributed by atoms with van der Waals surface area (Å²) in [5.74, 6) is 0.948. The van der Waals surface area contributed by atoms with E-state index in [1.807, 2.05) is 0 Å². The molecule has 0 unspecified atom stereocenters. The third-order valence-electron chi connectivity index (χ3n) is 5.97. The summed E-state index contributed by atoms with van der Waals surface area (Å²) in [5.41, 5.74) is 2.40. The Hall–Kier alpha value is -1.85. The van der Waals surface area contributed by atoms with E-state index in [1.54, 1.807) is 0 Å². The molecule has 0 aliphatic carbocycles. The van der Waals surface area contributed by atoms with E-state index in [2.05, 4.69) is 99.7 Å². The quantitative estimate of drug-likeness (QED) is 0.249. The van der Waals surface area contributed by atoms with Gasteiger partial charge < -0.3 is 33.2 Å². The number of quaternary nitrogens is 1. The summed E-state index contributed by atoms with van der Waals surface area (Å²) in [7, 11) is 0. The maximum atomic E-state index is 5.99. The van der Waals surface area contributed by atoms with Crippen molar-refractivity contribution in [2.24, 2.45) is 0 Å². The highest BCUT2D eigenvalue weighted by atomic mass is 127. The van der Waals surface area contributed by atoms with Gasteiger partial charge in [-0.2, -0.15) is 0 Å². The Balaban J connectivity index is 0.00000300. The first-order chi connectivity index (χ1) is 13.7. The average Bonchev–Trinajstić information content (AvgIpc) is 2.76.